The van der Waals surface area contributed by atoms with Crippen LogP contribution >= 0.6 is 15.9 Å². The second-order valence-corrected chi connectivity index (χ2v) is 8.92. The van der Waals surface area contributed by atoms with E-state index in [1.54, 1.807) is 0 Å². The van der Waals surface area contributed by atoms with E-state index in [9.17, 15) is 0 Å². The molecular formula is C30H20BrNO. The highest BCUT2D eigenvalue weighted by Crippen LogP contribution is 2.39. The summed E-state index contributed by atoms with van der Waals surface area (Å²) in [4.78, 5) is 2.26. The molecule has 2 nitrogen and oxygen atoms in total. The van der Waals surface area contributed by atoms with Crippen molar-refractivity contribution >= 4 is 54.9 Å². The van der Waals surface area contributed by atoms with Crippen molar-refractivity contribution in [1.82, 2.24) is 0 Å². The molecule has 0 saturated heterocycles. The van der Waals surface area contributed by atoms with Gasteiger partial charge in [0.2, 0.25) is 0 Å². The van der Waals surface area contributed by atoms with E-state index in [1.165, 1.54) is 11.1 Å². The summed E-state index contributed by atoms with van der Waals surface area (Å²) >= 11 is 3.57. The van der Waals surface area contributed by atoms with Crippen molar-refractivity contribution in [1.29, 1.82) is 0 Å². The second-order valence-electron chi connectivity index (χ2n) is 8.01. The van der Waals surface area contributed by atoms with Crippen LogP contribution in [0.5, 0.6) is 0 Å². The van der Waals surface area contributed by atoms with Gasteiger partial charge in [-0.3, -0.25) is 0 Å². The fourth-order valence-electron chi connectivity index (χ4n) is 4.34. The van der Waals surface area contributed by atoms with Crippen molar-refractivity contribution in [3.63, 3.8) is 0 Å². The van der Waals surface area contributed by atoms with Gasteiger partial charge in [0.05, 0.1) is 0 Å². The SMILES string of the molecule is Brc1ccc2oc3cc(N(c4ccccc4)c4ccc(-c5ccccc5)cc4)ccc3c2c1. The number of rotatable bonds is 4. The number of hydrogen-bond donors (Lipinski definition) is 0. The van der Waals surface area contributed by atoms with E-state index >= 15 is 0 Å². The zero-order chi connectivity index (χ0) is 22.2. The first-order chi connectivity index (χ1) is 16.3. The molecule has 33 heavy (non-hydrogen) atoms. The Labute approximate surface area is 200 Å². The van der Waals surface area contributed by atoms with Crippen LogP contribution in [0.2, 0.25) is 0 Å². The van der Waals surface area contributed by atoms with Gasteiger partial charge < -0.3 is 9.32 Å². The number of nitrogens with zero attached hydrogens (tertiary/aromatic N) is 1. The smallest absolute Gasteiger partial charge is 0.137 e. The van der Waals surface area contributed by atoms with Gasteiger partial charge in [-0.25, -0.2) is 0 Å². The Morgan fingerprint density at radius 3 is 1.88 bits per heavy atom. The molecule has 0 radical (unpaired) electrons. The number of halogens is 1. The molecule has 0 bridgehead atoms. The van der Waals surface area contributed by atoms with E-state index in [0.717, 1.165) is 43.5 Å². The maximum Gasteiger partial charge on any atom is 0.137 e. The molecule has 0 fully saturated rings. The van der Waals surface area contributed by atoms with Gasteiger partial charge in [-0.2, -0.15) is 0 Å². The van der Waals surface area contributed by atoms with Crippen molar-refractivity contribution in [2.45, 2.75) is 0 Å². The van der Waals surface area contributed by atoms with Crippen LogP contribution in [0, 0.1) is 0 Å². The zero-order valence-electron chi connectivity index (χ0n) is 17.8. The van der Waals surface area contributed by atoms with E-state index in [2.05, 4.69) is 118 Å². The molecule has 0 aliphatic heterocycles. The molecule has 1 heterocycles. The maximum atomic E-state index is 6.20. The van der Waals surface area contributed by atoms with E-state index in [-0.39, 0.29) is 0 Å². The summed E-state index contributed by atoms with van der Waals surface area (Å²) in [5.41, 5.74) is 7.43. The molecule has 0 unspecified atom stereocenters. The van der Waals surface area contributed by atoms with Crippen LogP contribution in [0.3, 0.4) is 0 Å². The standard InChI is InChI=1S/C30H20BrNO/c31-23-13-18-29-28(19-23)27-17-16-26(20-30(27)33-29)32(24-9-5-2-6-10-24)25-14-11-22(12-15-25)21-7-3-1-4-8-21/h1-20H. The van der Waals surface area contributed by atoms with Gasteiger partial charge in [0.15, 0.2) is 0 Å². The lowest BCUT2D eigenvalue weighted by atomic mass is 10.0. The third-order valence-corrected chi connectivity index (χ3v) is 6.42. The third kappa shape index (κ3) is 3.71. The Morgan fingerprint density at radius 2 is 1.12 bits per heavy atom. The molecule has 0 amide bonds. The number of hydrogen-bond acceptors (Lipinski definition) is 2. The molecule has 0 N–H and O–H groups in total. The molecule has 158 valence electrons. The molecule has 0 saturated carbocycles. The normalized spacial score (nSPS) is 11.2. The lowest BCUT2D eigenvalue weighted by Crippen LogP contribution is -2.09. The molecule has 3 heteroatoms. The van der Waals surface area contributed by atoms with E-state index in [4.69, 9.17) is 4.42 Å². The maximum absolute atomic E-state index is 6.20. The van der Waals surface area contributed by atoms with Gasteiger partial charge in [-0.15, -0.1) is 0 Å². The van der Waals surface area contributed by atoms with Gasteiger partial charge in [0.25, 0.3) is 0 Å². The van der Waals surface area contributed by atoms with Crippen LogP contribution in [0.25, 0.3) is 33.1 Å². The number of fused-ring (bicyclic) bond motifs is 3. The summed E-state index contributed by atoms with van der Waals surface area (Å²) in [6.45, 7) is 0. The van der Waals surface area contributed by atoms with Crippen molar-refractivity contribution in [3.8, 4) is 11.1 Å². The molecule has 6 aromatic rings. The van der Waals surface area contributed by atoms with Crippen LogP contribution in [0.4, 0.5) is 17.1 Å². The Balaban J connectivity index is 1.48. The predicted octanol–water partition coefficient (Wildman–Crippen LogP) is 9.49. The fourth-order valence-corrected chi connectivity index (χ4v) is 4.70. The van der Waals surface area contributed by atoms with Crippen molar-refractivity contribution < 1.29 is 4.42 Å². The van der Waals surface area contributed by atoms with Crippen LogP contribution in [0.15, 0.2) is 130 Å². The minimum absolute atomic E-state index is 0.877. The summed E-state index contributed by atoms with van der Waals surface area (Å²) in [7, 11) is 0. The number of furan rings is 1. The summed E-state index contributed by atoms with van der Waals surface area (Å²) in [5.74, 6) is 0. The Hall–Kier alpha value is -3.82. The molecule has 1 aromatic heterocycles. The van der Waals surface area contributed by atoms with E-state index in [1.807, 2.05) is 24.3 Å². The summed E-state index contributed by atoms with van der Waals surface area (Å²) in [6.07, 6.45) is 0. The lowest BCUT2D eigenvalue weighted by Gasteiger charge is -2.25. The van der Waals surface area contributed by atoms with Crippen LogP contribution in [-0.2, 0) is 0 Å². The third-order valence-electron chi connectivity index (χ3n) is 5.92. The van der Waals surface area contributed by atoms with Crippen LogP contribution in [-0.4, -0.2) is 0 Å². The molecule has 0 spiro atoms. The first-order valence-corrected chi connectivity index (χ1v) is 11.7. The van der Waals surface area contributed by atoms with Gasteiger partial charge in [0.1, 0.15) is 11.2 Å². The first-order valence-electron chi connectivity index (χ1n) is 10.9. The van der Waals surface area contributed by atoms with Crippen molar-refractivity contribution in [2.75, 3.05) is 4.90 Å². The van der Waals surface area contributed by atoms with Gasteiger partial charge in [0, 0.05) is 38.4 Å². The summed E-state index contributed by atoms with van der Waals surface area (Å²) in [6, 6.07) is 42.2. The number of para-hydroxylation sites is 1. The fraction of sp³-hybridized carbons (Fsp3) is 0. The van der Waals surface area contributed by atoms with E-state index in [0.29, 0.717) is 0 Å². The number of benzene rings is 5. The average Bonchev–Trinajstić information content (AvgIpc) is 3.23. The molecule has 0 aliphatic carbocycles. The monoisotopic (exact) mass is 489 g/mol. The van der Waals surface area contributed by atoms with Crippen LogP contribution in [0.1, 0.15) is 0 Å². The van der Waals surface area contributed by atoms with Gasteiger partial charge >= 0.3 is 0 Å². The predicted molar refractivity (Wildman–Crippen MR) is 142 cm³/mol. The minimum Gasteiger partial charge on any atom is -0.456 e. The highest BCUT2D eigenvalue weighted by Gasteiger charge is 2.15. The Kier molecular flexibility index (Phi) is 4.97. The highest BCUT2D eigenvalue weighted by molar-refractivity contribution is 9.10. The second kappa shape index (κ2) is 8.27. The Morgan fingerprint density at radius 1 is 0.485 bits per heavy atom. The first kappa shape index (κ1) is 19.8. The zero-order valence-corrected chi connectivity index (χ0v) is 19.4. The van der Waals surface area contributed by atoms with Gasteiger partial charge in [-0.1, -0.05) is 76.6 Å². The quantitative estimate of drug-likeness (QED) is 0.245. The van der Waals surface area contributed by atoms with Crippen LogP contribution < -0.4 is 4.90 Å². The van der Waals surface area contributed by atoms with Gasteiger partial charge in [-0.05, 0) is 65.7 Å². The minimum atomic E-state index is 0.877. The summed E-state index contributed by atoms with van der Waals surface area (Å²) < 4.78 is 7.25. The largest absolute Gasteiger partial charge is 0.456 e. The lowest BCUT2D eigenvalue weighted by molar-refractivity contribution is 0.669. The van der Waals surface area contributed by atoms with Crippen molar-refractivity contribution in [2.24, 2.45) is 0 Å². The molecule has 0 aliphatic rings. The highest BCUT2D eigenvalue weighted by atomic mass is 79.9. The van der Waals surface area contributed by atoms with E-state index < -0.39 is 0 Å². The van der Waals surface area contributed by atoms with Crippen molar-refractivity contribution in [3.05, 3.63) is 126 Å². The number of anilines is 3. The summed E-state index contributed by atoms with van der Waals surface area (Å²) in [5, 5.41) is 2.23. The average molecular weight is 490 g/mol. The molecule has 6 rings (SSSR count). The molecule has 5 aromatic carbocycles. The topological polar surface area (TPSA) is 16.4 Å². The molecular weight excluding hydrogens is 470 g/mol. The Bertz CT molecular complexity index is 1550. The molecule has 0 atom stereocenters.